The van der Waals surface area contributed by atoms with Crippen molar-refractivity contribution in [3.8, 4) is 0 Å². The van der Waals surface area contributed by atoms with Crippen molar-refractivity contribution in [2.24, 2.45) is 22.3 Å². The predicted octanol–water partition coefficient (Wildman–Crippen LogP) is -0.904. The number of aromatic nitrogens is 2. The van der Waals surface area contributed by atoms with Gasteiger partial charge in [-0.15, -0.1) is 9.50 Å². The maximum atomic E-state index is 12.4. The standard InChI is InChI=1S/C13H18N6O5S3/c1-19-12(25-13(17-19)26(15,21)22)18-27(23,24)10-6-4-9(5-7-10)16-11(20)3-2-8-14/h4-7H,2-3,8,14H2,1H3,(H,16,20)(H2,15,21,22)/b18-12-. The SMILES string of the molecule is Cn1nc(S(N)(=O)=O)s/c1=N\S(=O)(=O)c1ccc(NC(=O)CCCN)cc1. The Kier molecular flexibility index (Phi) is 6.48. The first-order valence-electron chi connectivity index (χ1n) is 7.51. The lowest BCUT2D eigenvalue weighted by Gasteiger charge is -2.05. The van der Waals surface area contributed by atoms with Crippen molar-refractivity contribution in [2.45, 2.75) is 22.1 Å². The van der Waals surface area contributed by atoms with Crippen LogP contribution in [0.15, 0.2) is 37.9 Å². The molecule has 0 aliphatic carbocycles. The fraction of sp³-hybridized carbons (Fsp3) is 0.308. The number of nitrogens with zero attached hydrogens (tertiary/aromatic N) is 3. The number of nitrogens with one attached hydrogen (secondary N) is 1. The van der Waals surface area contributed by atoms with Crippen LogP contribution < -0.4 is 21.0 Å². The molecule has 5 N–H and O–H groups in total. The van der Waals surface area contributed by atoms with Crippen LogP contribution in [0, 0.1) is 0 Å². The number of sulfonamides is 2. The minimum Gasteiger partial charge on any atom is -0.330 e. The maximum Gasteiger partial charge on any atom is 0.285 e. The molecule has 0 aliphatic rings. The molecular formula is C13H18N6O5S3. The van der Waals surface area contributed by atoms with Gasteiger partial charge in [-0.1, -0.05) is 11.3 Å². The zero-order valence-corrected chi connectivity index (χ0v) is 16.6. The second-order valence-electron chi connectivity index (χ2n) is 5.35. The molecule has 0 atom stereocenters. The lowest BCUT2D eigenvalue weighted by atomic mass is 10.2. The first-order valence-corrected chi connectivity index (χ1v) is 11.3. The number of rotatable bonds is 7. The molecule has 0 radical (unpaired) electrons. The van der Waals surface area contributed by atoms with Crippen LogP contribution in [0.4, 0.5) is 5.69 Å². The Morgan fingerprint density at radius 3 is 2.41 bits per heavy atom. The normalized spacial score (nSPS) is 12.9. The molecule has 1 aromatic heterocycles. The van der Waals surface area contributed by atoms with Gasteiger partial charge in [-0.05, 0) is 37.2 Å². The Bertz CT molecular complexity index is 1100. The molecule has 0 saturated heterocycles. The highest BCUT2D eigenvalue weighted by Gasteiger charge is 2.18. The average Bonchev–Trinajstić information content (AvgIpc) is 2.94. The van der Waals surface area contributed by atoms with Gasteiger partial charge in [-0.25, -0.2) is 18.2 Å². The highest BCUT2D eigenvalue weighted by atomic mass is 32.2. The van der Waals surface area contributed by atoms with Gasteiger partial charge >= 0.3 is 0 Å². The van der Waals surface area contributed by atoms with Gasteiger partial charge < -0.3 is 11.1 Å². The summed E-state index contributed by atoms with van der Waals surface area (Å²) in [6.45, 7) is 0.397. The third-order valence-corrected chi connectivity index (χ3v) is 6.88. The molecule has 1 amide bonds. The summed E-state index contributed by atoms with van der Waals surface area (Å²) >= 11 is 0.533. The lowest BCUT2D eigenvalue weighted by Crippen LogP contribution is -2.15. The van der Waals surface area contributed by atoms with Gasteiger partial charge in [0, 0.05) is 19.2 Å². The van der Waals surface area contributed by atoms with Crippen LogP contribution in [-0.2, 0) is 31.9 Å². The van der Waals surface area contributed by atoms with Crippen LogP contribution in [0.1, 0.15) is 12.8 Å². The topological polar surface area (TPSA) is 180 Å². The van der Waals surface area contributed by atoms with E-state index in [1.807, 2.05) is 0 Å². The van der Waals surface area contributed by atoms with Crippen LogP contribution >= 0.6 is 11.3 Å². The summed E-state index contributed by atoms with van der Waals surface area (Å²) < 4.78 is 51.6. The number of anilines is 1. The number of hydrogen-bond donors (Lipinski definition) is 3. The van der Waals surface area contributed by atoms with E-state index in [-0.39, 0.29) is 22.0 Å². The highest BCUT2D eigenvalue weighted by molar-refractivity contribution is 7.91. The van der Waals surface area contributed by atoms with E-state index in [4.69, 9.17) is 10.9 Å². The molecule has 27 heavy (non-hydrogen) atoms. The second-order valence-corrected chi connectivity index (χ2v) is 9.65. The number of benzene rings is 1. The molecule has 0 spiro atoms. The molecule has 2 rings (SSSR count). The number of aryl methyl sites for hydroxylation is 1. The van der Waals surface area contributed by atoms with E-state index in [0.717, 1.165) is 4.68 Å². The average molecular weight is 435 g/mol. The summed E-state index contributed by atoms with van der Waals surface area (Å²) in [6.07, 6.45) is 0.809. The molecule has 0 unspecified atom stereocenters. The van der Waals surface area contributed by atoms with Crippen LogP contribution in [0.2, 0.25) is 0 Å². The summed E-state index contributed by atoms with van der Waals surface area (Å²) in [4.78, 5) is 11.4. The molecule has 0 bridgehead atoms. The number of carbonyl (C=O) groups excluding carboxylic acids is 1. The Morgan fingerprint density at radius 2 is 1.89 bits per heavy atom. The van der Waals surface area contributed by atoms with E-state index in [9.17, 15) is 21.6 Å². The predicted molar refractivity (Wildman–Crippen MR) is 98.6 cm³/mol. The van der Waals surface area contributed by atoms with Crippen molar-refractivity contribution in [3.63, 3.8) is 0 Å². The third-order valence-electron chi connectivity index (χ3n) is 3.17. The quantitative estimate of drug-likeness (QED) is 0.504. The summed E-state index contributed by atoms with van der Waals surface area (Å²) in [5, 5.41) is 11.2. The van der Waals surface area contributed by atoms with Gasteiger partial charge in [-0.3, -0.25) is 4.79 Å². The zero-order chi connectivity index (χ0) is 20.2. The number of nitrogens with two attached hydrogens (primary N) is 2. The lowest BCUT2D eigenvalue weighted by molar-refractivity contribution is -0.116. The molecule has 1 aromatic carbocycles. The van der Waals surface area contributed by atoms with Gasteiger partial charge in [-0.2, -0.15) is 8.42 Å². The first-order chi connectivity index (χ1) is 12.5. The van der Waals surface area contributed by atoms with Crippen molar-refractivity contribution >= 4 is 43.0 Å². The fourth-order valence-corrected chi connectivity index (χ4v) is 4.64. The number of amides is 1. The van der Waals surface area contributed by atoms with Crippen molar-refractivity contribution in [1.29, 1.82) is 0 Å². The van der Waals surface area contributed by atoms with Crippen LogP contribution in [0.3, 0.4) is 0 Å². The van der Waals surface area contributed by atoms with Gasteiger partial charge in [0.05, 0.1) is 4.90 Å². The largest absolute Gasteiger partial charge is 0.330 e. The van der Waals surface area contributed by atoms with Crippen molar-refractivity contribution in [3.05, 3.63) is 29.1 Å². The summed E-state index contributed by atoms with van der Waals surface area (Å²) in [5.41, 5.74) is 5.76. The molecule has 11 nitrogen and oxygen atoms in total. The third kappa shape index (κ3) is 5.67. The smallest absolute Gasteiger partial charge is 0.285 e. The van der Waals surface area contributed by atoms with Crippen LogP contribution in [0.5, 0.6) is 0 Å². The fourth-order valence-electron chi connectivity index (χ4n) is 1.87. The molecule has 1 heterocycles. The second kappa shape index (κ2) is 8.26. The Hall–Kier alpha value is -2.13. The van der Waals surface area contributed by atoms with E-state index < -0.39 is 24.4 Å². The van der Waals surface area contributed by atoms with Gasteiger partial charge in [0.15, 0.2) is 0 Å². The van der Waals surface area contributed by atoms with E-state index in [2.05, 4.69) is 14.8 Å². The van der Waals surface area contributed by atoms with Crippen molar-refractivity contribution < 1.29 is 21.6 Å². The van der Waals surface area contributed by atoms with Crippen molar-refractivity contribution in [2.75, 3.05) is 11.9 Å². The molecule has 14 heteroatoms. The Labute approximate surface area is 159 Å². The van der Waals surface area contributed by atoms with Gasteiger partial charge in [0.1, 0.15) is 0 Å². The summed E-state index contributed by atoms with van der Waals surface area (Å²) in [6, 6.07) is 5.40. The Balaban J connectivity index is 2.27. The van der Waals surface area contributed by atoms with Crippen LogP contribution in [-0.4, -0.2) is 39.1 Å². The van der Waals surface area contributed by atoms with Gasteiger partial charge in [0.2, 0.25) is 15.0 Å². The van der Waals surface area contributed by atoms with E-state index in [1.54, 1.807) is 0 Å². The molecule has 148 valence electrons. The molecule has 0 aliphatic heterocycles. The maximum absolute atomic E-state index is 12.4. The highest BCUT2D eigenvalue weighted by Crippen LogP contribution is 2.16. The first kappa shape index (κ1) is 21.2. The minimum atomic E-state index is -4.12. The summed E-state index contributed by atoms with van der Waals surface area (Å²) in [5.74, 6) is -0.229. The molecule has 0 saturated carbocycles. The van der Waals surface area contributed by atoms with Crippen LogP contribution in [0.25, 0.3) is 0 Å². The van der Waals surface area contributed by atoms with E-state index >= 15 is 0 Å². The van der Waals surface area contributed by atoms with Gasteiger partial charge in [0.25, 0.3) is 20.0 Å². The number of carbonyl (C=O) groups is 1. The van der Waals surface area contributed by atoms with Crippen molar-refractivity contribution in [1.82, 2.24) is 9.78 Å². The van der Waals surface area contributed by atoms with E-state index in [1.165, 1.54) is 31.3 Å². The van der Waals surface area contributed by atoms with E-state index in [0.29, 0.717) is 30.0 Å². The Morgan fingerprint density at radius 1 is 1.26 bits per heavy atom. The number of hydrogen-bond acceptors (Lipinski definition) is 8. The molecule has 2 aromatic rings. The summed E-state index contributed by atoms with van der Waals surface area (Å²) in [7, 11) is -6.84. The zero-order valence-electron chi connectivity index (χ0n) is 14.2. The minimum absolute atomic E-state index is 0.131. The molecular weight excluding hydrogens is 416 g/mol. The molecule has 0 fully saturated rings. The monoisotopic (exact) mass is 434 g/mol. The number of primary sulfonamides is 1.